The zero-order chi connectivity index (χ0) is 19.3. The second-order valence-electron chi connectivity index (χ2n) is 5.96. The second kappa shape index (κ2) is 8.11. The lowest BCUT2D eigenvalue weighted by Crippen LogP contribution is -2.29. The van der Waals surface area contributed by atoms with Crippen molar-refractivity contribution >= 4 is 22.0 Å². The highest BCUT2D eigenvalue weighted by Crippen LogP contribution is 2.22. The number of hydrogen-bond donors (Lipinski definition) is 3. The van der Waals surface area contributed by atoms with Crippen molar-refractivity contribution in [2.24, 2.45) is 5.92 Å². The van der Waals surface area contributed by atoms with Crippen LogP contribution in [0.4, 0.5) is 0 Å². The Hall–Kier alpha value is -2.71. The number of rotatable bonds is 8. The first kappa shape index (κ1) is 19.6. The summed E-state index contributed by atoms with van der Waals surface area (Å²) < 4.78 is 26.9. The zero-order valence-electron chi connectivity index (χ0n) is 14.0. The number of carboxylic acids is 2. The first-order chi connectivity index (χ1) is 12.2. The minimum absolute atomic E-state index is 0.0348. The van der Waals surface area contributed by atoms with Crippen LogP contribution in [0.15, 0.2) is 53.4 Å². The fourth-order valence-electron chi connectivity index (χ4n) is 2.34. The Balaban J connectivity index is 2.10. The Kier molecular flexibility index (Phi) is 6.12. The monoisotopic (exact) mass is 377 g/mol. The zero-order valence-corrected chi connectivity index (χ0v) is 14.9. The minimum atomic E-state index is -3.73. The van der Waals surface area contributed by atoms with E-state index >= 15 is 0 Å². The van der Waals surface area contributed by atoms with E-state index in [4.69, 9.17) is 10.2 Å². The van der Waals surface area contributed by atoms with E-state index in [0.29, 0.717) is 0 Å². The first-order valence-corrected chi connectivity index (χ1v) is 9.32. The molecule has 2 aromatic rings. The van der Waals surface area contributed by atoms with Crippen molar-refractivity contribution in [1.82, 2.24) is 4.72 Å². The smallest absolute Gasteiger partial charge is 0.335 e. The summed E-state index contributed by atoms with van der Waals surface area (Å²) >= 11 is 0. The molecule has 0 saturated heterocycles. The van der Waals surface area contributed by atoms with Crippen LogP contribution in [0.2, 0.25) is 0 Å². The van der Waals surface area contributed by atoms with Gasteiger partial charge in [0, 0.05) is 13.0 Å². The Labute approximate surface area is 151 Å². The number of carboxylic acid groups (broad SMARTS) is 2. The maximum Gasteiger partial charge on any atom is 0.335 e. The average molecular weight is 377 g/mol. The van der Waals surface area contributed by atoms with Gasteiger partial charge in [0.2, 0.25) is 10.0 Å². The SMILES string of the molecule is CC(CNS(=O)(=O)c1ccc(-c2ccc(C(=O)O)cc2)cc1)CC(=O)O. The predicted molar refractivity (Wildman–Crippen MR) is 95.4 cm³/mol. The molecule has 0 bridgehead atoms. The van der Waals surface area contributed by atoms with E-state index in [-0.39, 0.29) is 29.3 Å². The van der Waals surface area contributed by atoms with Crippen molar-refractivity contribution in [3.63, 3.8) is 0 Å². The molecule has 0 aliphatic rings. The van der Waals surface area contributed by atoms with Gasteiger partial charge in [0.05, 0.1) is 10.5 Å². The van der Waals surface area contributed by atoms with Crippen molar-refractivity contribution in [1.29, 1.82) is 0 Å². The molecule has 0 amide bonds. The molecule has 7 nitrogen and oxygen atoms in total. The maximum atomic E-state index is 12.3. The van der Waals surface area contributed by atoms with Gasteiger partial charge in [0.25, 0.3) is 0 Å². The molecule has 0 spiro atoms. The molecule has 0 saturated carbocycles. The number of aromatic carboxylic acids is 1. The van der Waals surface area contributed by atoms with Gasteiger partial charge in [0.15, 0.2) is 0 Å². The second-order valence-corrected chi connectivity index (χ2v) is 7.73. The van der Waals surface area contributed by atoms with E-state index < -0.39 is 22.0 Å². The molecule has 1 unspecified atom stereocenters. The third kappa shape index (κ3) is 5.14. The third-order valence-corrected chi connectivity index (χ3v) is 5.21. The summed E-state index contributed by atoms with van der Waals surface area (Å²) in [5, 5.41) is 17.6. The van der Waals surface area contributed by atoms with Crippen LogP contribution in [0.25, 0.3) is 11.1 Å². The highest BCUT2D eigenvalue weighted by molar-refractivity contribution is 7.89. The maximum absolute atomic E-state index is 12.3. The van der Waals surface area contributed by atoms with Crippen LogP contribution >= 0.6 is 0 Å². The largest absolute Gasteiger partial charge is 0.481 e. The summed E-state index contributed by atoms with van der Waals surface area (Å²) in [6.07, 6.45) is -0.117. The lowest BCUT2D eigenvalue weighted by atomic mass is 10.0. The molecule has 138 valence electrons. The molecule has 0 aliphatic carbocycles. The van der Waals surface area contributed by atoms with E-state index in [2.05, 4.69) is 4.72 Å². The van der Waals surface area contributed by atoms with Crippen LogP contribution in [-0.2, 0) is 14.8 Å². The van der Waals surface area contributed by atoms with Crippen LogP contribution in [-0.4, -0.2) is 37.1 Å². The lowest BCUT2D eigenvalue weighted by Gasteiger charge is -2.11. The highest BCUT2D eigenvalue weighted by atomic mass is 32.2. The van der Waals surface area contributed by atoms with E-state index in [1.54, 1.807) is 31.2 Å². The number of hydrogen-bond acceptors (Lipinski definition) is 4. The fraction of sp³-hybridized carbons (Fsp3) is 0.222. The van der Waals surface area contributed by atoms with Crippen molar-refractivity contribution < 1.29 is 28.2 Å². The Morgan fingerprint density at radius 3 is 1.92 bits per heavy atom. The molecule has 0 radical (unpaired) electrons. The molecule has 3 N–H and O–H groups in total. The van der Waals surface area contributed by atoms with E-state index in [1.165, 1.54) is 24.3 Å². The topological polar surface area (TPSA) is 121 Å². The summed E-state index contributed by atoms with van der Waals surface area (Å²) in [4.78, 5) is 21.6. The first-order valence-electron chi connectivity index (χ1n) is 7.84. The standard InChI is InChI=1S/C18H19NO6S/c1-12(10-17(20)21)11-19-26(24,25)16-8-6-14(7-9-16)13-2-4-15(5-3-13)18(22)23/h2-9,12,19H,10-11H2,1H3,(H,20,21)(H,22,23). The van der Waals surface area contributed by atoms with Crippen molar-refractivity contribution in [3.05, 3.63) is 54.1 Å². The average Bonchev–Trinajstić information content (AvgIpc) is 2.60. The molecule has 0 fully saturated rings. The molecule has 8 heteroatoms. The van der Waals surface area contributed by atoms with Gasteiger partial charge in [-0.25, -0.2) is 17.9 Å². The summed E-state index contributed by atoms with van der Waals surface area (Å²) in [7, 11) is -3.73. The molecule has 0 aromatic heterocycles. The van der Waals surface area contributed by atoms with E-state index in [1.807, 2.05) is 0 Å². The van der Waals surface area contributed by atoms with Crippen molar-refractivity contribution in [2.45, 2.75) is 18.2 Å². The number of carbonyl (C=O) groups is 2. The Morgan fingerprint density at radius 1 is 0.962 bits per heavy atom. The molecule has 2 rings (SSSR count). The van der Waals surface area contributed by atoms with Crippen LogP contribution in [0.5, 0.6) is 0 Å². The fourth-order valence-corrected chi connectivity index (χ4v) is 3.50. The van der Waals surface area contributed by atoms with Gasteiger partial charge in [-0.05, 0) is 41.3 Å². The summed E-state index contributed by atoms with van der Waals surface area (Å²) in [5.74, 6) is -2.31. The molecule has 26 heavy (non-hydrogen) atoms. The minimum Gasteiger partial charge on any atom is -0.481 e. The van der Waals surface area contributed by atoms with E-state index in [0.717, 1.165) is 11.1 Å². The number of aliphatic carboxylic acids is 1. The lowest BCUT2D eigenvalue weighted by molar-refractivity contribution is -0.137. The molecular weight excluding hydrogens is 358 g/mol. The molecule has 1 atom stereocenters. The molecule has 0 heterocycles. The molecular formula is C18H19NO6S. The number of sulfonamides is 1. The van der Waals surface area contributed by atoms with Gasteiger partial charge in [-0.1, -0.05) is 31.2 Å². The van der Waals surface area contributed by atoms with Crippen LogP contribution in [0, 0.1) is 5.92 Å². The summed E-state index contributed by atoms with van der Waals surface area (Å²) in [6.45, 7) is 1.69. The van der Waals surface area contributed by atoms with Gasteiger partial charge in [0.1, 0.15) is 0 Å². The van der Waals surface area contributed by atoms with Gasteiger partial charge < -0.3 is 10.2 Å². The summed E-state index contributed by atoms with van der Waals surface area (Å²) in [5.41, 5.74) is 1.69. The summed E-state index contributed by atoms with van der Waals surface area (Å²) in [6, 6.07) is 12.4. The predicted octanol–water partition coefficient (Wildman–Crippen LogP) is 2.44. The third-order valence-electron chi connectivity index (χ3n) is 3.77. The van der Waals surface area contributed by atoms with Crippen molar-refractivity contribution in [3.8, 4) is 11.1 Å². The quantitative estimate of drug-likeness (QED) is 0.650. The van der Waals surface area contributed by atoms with Crippen LogP contribution in [0.3, 0.4) is 0 Å². The molecule has 0 aliphatic heterocycles. The van der Waals surface area contributed by atoms with Crippen molar-refractivity contribution in [2.75, 3.05) is 6.54 Å². The van der Waals surface area contributed by atoms with Gasteiger partial charge in [-0.3, -0.25) is 4.79 Å². The van der Waals surface area contributed by atoms with Gasteiger partial charge in [-0.15, -0.1) is 0 Å². The number of nitrogens with one attached hydrogen (secondary N) is 1. The highest BCUT2D eigenvalue weighted by Gasteiger charge is 2.16. The number of benzene rings is 2. The Bertz CT molecular complexity index is 888. The van der Waals surface area contributed by atoms with Gasteiger partial charge >= 0.3 is 11.9 Å². The molecule has 2 aromatic carbocycles. The Morgan fingerprint density at radius 2 is 1.46 bits per heavy atom. The van der Waals surface area contributed by atoms with E-state index in [9.17, 15) is 18.0 Å². The van der Waals surface area contributed by atoms with Crippen LogP contribution < -0.4 is 4.72 Å². The van der Waals surface area contributed by atoms with Gasteiger partial charge in [-0.2, -0.15) is 0 Å². The van der Waals surface area contributed by atoms with Crippen LogP contribution in [0.1, 0.15) is 23.7 Å². The normalized spacial score (nSPS) is 12.5.